The number of anilines is 2. The van der Waals surface area contributed by atoms with E-state index in [2.05, 4.69) is 10.6 Å². The molecular formula is C15H15FN2O5. The third-order valence-electron chi connectivity index (χ3n) is 3.93. The summed E-state index contributed by atoms with van der Waals surface area (Å²) >= 11 is 0. The van der Waals surface area contributed by atoms with E-state index in [-0.39, 0.29) is 24.4 Å². The molecule has 0 saturated carbocycles. The fourth-order valence-electron chi connectivity index (χ4n) is 2.72. The first-order valence-electron chi connectivity index (χ1n) is 7.25. The summed E-state index contributed by atoms with van der Waals surface area (Å²) in [5, 5.41) is 13.9. The van der Waals surface area contributed by atoms with Crippen molar-refractivity contribution in [1.82, 2.24) is 0 Å². The van der Waals surface area contributed by atoms with Gasteiger partial charge in [0.25, 0.3) is 5.91 Å². The molecule has 3 N–H and O–H groups in total. The molecular weight excluding hydrogens is 307 g/mol. The molecule has 1 saturated heterocycles. The summed E-state index contributed by atoms with van der Waals surface area (Å²) in [7, 11) is 0. The number of nitrogens with one attached hydrogen (secondary N) is 2. The zero-order valence-electron chi connectivity index (χ0n) is 12.1. The van der Waals surface area contributed by atoms with Crippen molar-refractivity contribution in [3.05, 3.63) is 23.5 Å². The zero-order chi connectivity index (χ0) is 16.6. The Morgan fingerprint density at radius 3 is 2.70 bits per heavy atom. The quantitative estimate of drug-likeness (QED) is 0.777. The van der Waals surface area contributed by atoms with E-state index in [0.29, 0.717) is 18.5 Å². The number of carbonyl (C=O) groups excluding carboxylic acids is 2. The van der Waals surface area contributed by atoms with Crippen molar-refractivity contribution in [2.45, 2.75) is 37.9 Å². The monoisotopic (exact) mass is 322 g/mol. The van der Waals surface area contributed by atoms with Gasteiger partial charge in [0.2, 0.25) is 5.91 Å². The third-order valence-corrected chi connectivity index (χ3v) is 3.93. The molecule has 2 heterocycles. The predicted octanol–water partition coefficient (Wildman–Crippen LogP) is 1.28. The van der Waals surface area contributed by atoms with Gasteiger partial charge >= 0.3 is 5.97 Å². The number of fused-ring (bicyclic) bond motifs is 1. The highest BCUT2D eigenvalue weighted by Crippen LogP contribution is 2.29. The van der Waals surface area contributed by atoms with Crippen molar-refractivity contribution in [1.29, 1.82) is 0 Å². The molecule has 3 rings (SSSR count). The van der Waals surface area contributed by atoms with Crippen molar-refractivity contribution >= 4 is 29.2 Å². The average molecular weight is 322 g/mol. The van der Waals surface area contributed by atoms with Crippen LogP contribution in [0.2, 0.25) is 0 Å². The highest BCUT2D eigenvalue weighted by molar-refractivity contribution is 5.97. The molecule has 0 radical (unpaired) electrons. The second-order valence-corrected chi connectivity index (χ2v) is 5.56. The zero-order valence-corrected chi connectivity index (χ0v) is 12.1. The van der Waals surface area contributed by atoms with Crippen LogP contribution in [0.25, 0.3) is 0 Å². The number of ether oxygens (including phenoxy) is 1. The van der Waals surface area contributed by atoms with Gasteiger partial charge in [-0.3, -0.25) is 9.59 Å². The molecule has 0 aromatic heterocycles. The molecule has 1 aromatic rings. The summed E-state index contributed by atoms with van der Waals surface area (Å²) in [5.41, 5.74) is 1.13. The van der Waals surface area contributed by atoms with Crippen LogP contribution in [-0.2, 0) is 25.5 Å². The van der Waals surface area contributed by atoms with E-state index in [1.807, 2.05) is 0 Å². The Labute approximate surface area is 130 Å². The Morgan fingerprint density at radius 1 is 1.26 bits per heavy atom. The van der Waals surface area contributed by atoms with Gasteiger partial charge in [0.1, 0.15) is 11.9 Å². The molecule has 0 aliphatic carbocycles. The Bertz CT molecular complexity index is 691. The molecule has 1 fully saturated rings. The van der Waals surface area contributed by atoms with Crippen LogP contribution < -0.4 is 10.6 Å². The van der Waals surface area contributed by atoms with Crippen molar-refractivity contribution in [3.63, 3.8) is 0 Å². The molecule has 23 heavy (non-hydrogen) atoms. The molecule has 2 aliphatic rings. The van der Waals surface area contributed by atoms with E-state index in [4.69, 9.17) is 9.84 Å². The lowest BCUT2D eigenvalue weighted by Crippen LogP contribution is -2.30. The van der Waals surface area contributed by atoms with E-state index in [1.54, 1.807) is 0 Å². The first-order chi connectivity index (χ1) is 10.9. The number of hydrogen-bond donors (Lipinski definition) is 3. The molecule has 0 spiro atoms. The number of carbonyl (C=O) groups is 3. The lowest BCUT2D eigenvalue weighted by molar-refractivity contribution is -0.150. The normalized spacial score (nSPS) is 23.1. The number of aryl methyl sites for hydroxylation is 1. The lowest BCUT2D eigenvalue weighted by Gasteiger charge is -2.19. The van der Waals surface area contributed by atoms with Gasteiger partial charge in [-0.1, -0.05) is 0 Å². The smallest absolute Gasteiger partial charge is 0.332 e. The van der Waals surface area contributed by atoms with Crippen molar-refractivity contribution in [3.8, 4) is 0 Å². The first kappa shape index (κ1) is 15.4. The summed E-state index contributed by atoms with van der Waals surface area (Å²) in [4.78, 5) is 34.2. The first-order valence-corrected chi connectivity index (χ1v) is 7.25. The number of benzene rings is 1. The SMILES string of the molecule is O=C1CCc2cc(NC(=O)[C@@H]3CC[C@H](C(=O)O)O3)c(F)cc2N1. The molecule has 1 aromatic carbocycles. The average Bonchev–Trinajstić information content (AvgIpc) is 2.98. The summed E-state index contributed by atoms with van der Waals surface area (Å²) in [6.45, 7) is 0. The summed E-state index contributed by atoms with van der Waals surface area (Å²) < 4.78 is 19.2. The number of amides is 2. The fraction of sp³-hybridized carbons (Fsp3) is 0.400. The summed E-state index contributed by atoms with van der Waals surface area (Å²) in [5.74, 6) is -2.54. The van der Waals surface area contributed by atoms with Gasteiger partial charge in [0, 0.05) is 12.1 Å². The maximum Gasteiger partial charge on any atom is 0.332 e. The molecule has 122 valence electrons. The van der Waals surface area contributed by atoms with E-state index < -0.39 is 29.9 Å². The molecule has 2 atom stereocenters. The minimum Gasteiger partial charge on any atom is -0.479 e. The van der Waals surface area contributed by atoms with Gasteiger partial charge < -0.3 is 20.5 Å². The fourth-order valence-corrected chi connectivity index (χ4v) is 2.72. The van der Waals surface area contributed by atoms with Crippen LogP contribution in [0, 0.1) is 5.82 Å². The van der Waals surface area contributed by atoms with Crippen LogP contribution in [0.5, 0.6) is 0 Å². The largest absolute Gasteiger partial charge is 0.479 e. The van der Waals surface area contributed by atoms with Crippen molar-refractivity contribution < 1.29 is 28.6 Å². The Morgan fingerprint density at radius 2 is 2.00 bits per heavy atom. The van der Waals surface area contributed by atoms with Gasteiger partial charge in [0.15, 0.2) is 6.10 Å². The highest BCUT2D eigenvalue weighted by atomic mass is 19.1. The minimum absolute atomic E-state index is 0.00715. The van der Waals surface area contributed by atoms with E-state index in [1.165, 1.54) is 6.07 Å². The second kappa shape index (κ2) is 5.96. The number of aliphatic carboxylic acids is 1. The number of carboxylic acids is 1. The van der Waals surface area contributed by atoms with Gasteiger partial charge in [-0.2, -0.15) is 0 Å². The maximum atomic E-state index is 14.1. The van der Waals surface area contributed by atoms with Crippen molar-refractivity contribution in [2.75, 3.05) is 10.6 Å². The second-order valence-electron chi connectivity index (χ2n) is 5.56. The Hall–Kier alpha value is -2.48. The van der Waals surface area contributed by atoms with Crippen molar-refractivity contribution in [2.24, 2.45) is 0 Å². The number of hydrogen-bond acceptors (Lipinski definition) is 4. The minimum atomic E-state index is -1.11. The molecule has 2 amide bonds. The van der Waals surface area contributed by atoms with E-state index in [0.717, 1.165) is 11.6 Å². The molecule has 2 aliphatic heterocycles. The number of rotatable bonds is 3. The molecule has 0 unspecified atom stereocenters. The van der Waals surface area contributed by atoms with Gasteiger partial charge in [-0.25, -0.2) is 9.18 Å². The Kier molecular flexibility index (Phi) is 3.99. The van der Waals surface area contributed by atoms with Crippen LogP contribution in [0.4, 0.5) is 15.8 Å². The van der Waals surface area contributed by atoms with Crippen LogP contribution in [0.3, 0.4) is 0 Å². The van der Waals surface area contributed by atoms with Crippen LogP contribution in [0.15, 0.2) is 12.1 Å². The highest BCUT2D eigenvalue weighted by Gasteiger charge is 2.35. The number of halogens is 1. The predicted molar refractivity (Wildman–Crippen MR) is 77.5 cm³/mol. The third kappa shape index (κ3) is 3.16. The molecule has 7 nitrogen and oxygen atoms in total. The van der Waals surface area contributed by atoms with E-state index >= 15 is 0 Å². The van der Waals surface area contributed by atoms with Crippen LogP contribution >= 0.6 is 0 Å². The number of carboxylic acid groups (broad SMARTS) is 1. The topological polar surface area (TPSA) is 105 Å². The van der Waals surface area contributed by atoms with Gasteiger partial charge in [0.05, 0.1) is 5.69 Å². The maximum absolute atomic E-state index is 14.1. The van der Waals surface area contributed by atoms with Crippen LogP contribution in [0.1, 0.15) is 24.8 Å². The lowest BCUT2D eigenvalue weighted by atomic mass is 10.0. The Balaban J connectivity index is 1.72. The summed E-state index contributed by atoms with van der Waals surface area (Å²) in [6, 6.07) is 2.64. The van der Waals surface area contributed by atoms with E-state index in [9.17, 15) is 18.8 Å². The molecule has 0 bridgehead atoms. The summed E-state index contributed by atoms with van der Waals surface area (Å²) in [6.07, 6.45) is -0.637. The molecule has 8 heteroatoms. The van der Waals surface area contributed by atoms with Gasteiger partial charge in [-0.15, -0.1) is 0 Å². The van der Waals surface area contributed by atoms with Crippen LogP contribution in [-0.4, -0.2) is 35.1 Å². The van der Waals surface area contributed by atoms with Gasteiger partial charge in [-0.05, 0) is 37.0 Å². The standard InChI is InChI=1S/C15H15FN2O5/c16-8-6-9-7(1-4-13(19)17-9)5-10(8)18-14(20)11-2-3-12(23-11)15(21)22/h5-6,11-12H,1-4H2,(H,17,19)(H,18,20)(H,21,22)/t11-,12+/m0/s1.